The summed E-state index contributed by atoms with van der Waals surface area (Å²) in [5, 5.41) is 8.86. The highest BCUT2D eigenvalue weighted by Crippen LogP contribution is 2.23. The highest BCUT2D eigenvalue weighted by molar-refractivity contribution is 7.99. The maximum absolute atomic E-state index is 12.2. The molecule has 0 saturated heterocycles. The molecule has 2 aromatic carbocycles. The number of aromatic nitrogens is 3. The van der Waals surface area contributed by atoms with Crippen LogP contribution < -0.4 is 0 Å². The lowest BCUT2D eigenvalue weighted by Gasteiger charge is -2.10. The van der Waals surface area contributed by atoms with Crippen LogP contribution >= 0.6 is 11.8 Å². The molecule has 0 N–H and O–H groups in total. The third kappa shape index (κ3) is 3.51. The van der Waals surface area contributed by atoms with Crippen LogP contribution in [0.15, 0.2) is 60.0 Å². The highest BCUT2D eigenvalue weighted by atomic mass is 32.2. The Bertz CT molecular complexity index is 827. The second-order valence-electron chi connectivity index (χ2n) is 5.35. The Hall–Kier alpha value is -2.40. The number of thioether (sulfide) groups is 1. The molecule has 0 aliphatic heterocycles. The summed E-state index contributed by atoms with van der Waals surface area (Å²) in [6.45, 7) is 4.13. The molecule has 0 bridgehead atoms. The standard InChI is InChI=1S/C18H17N3OS/c1-13-8-9-16(14(2)10-13)21-12-19-20-18(21)23-11-17(22)15-6-4-3-5-7-15/h3-10,12H,11H2,1-2H3. The van der Waals surface area contributed by atoms with Crippen molar-refractivity contribution in [2.75, 3.05) is 5.75 Å². The first-order valence-electron chi connectivity index (χ1n) is 7.34. The Morgan fingerprint density at radius 1 is 1.13 bits per heavy atom. The molecule has 3 rings (SSSR count). The van der Waals surface area contributed by atoms with Crippen LogP contribution in [0, 0.1) is 13.8 Å². The zero-order valence-corrected chi connectivity index (χ0v) is 13.9. The number of rotatable bonds is 5. The van der Waals surface area contributed by atoms with Crippen LogP contribution in [0.5, 0.6) is 0 Å². The number of hydrogen-bond acceptors (Lipinski definition) is 4. The van der Waals surface area contributed by atoms with E-state index in [1.165, 1.54) is 17.3 Å². The van der Waals surface area contributed by atoms with Crippen LogP contribution in [0.2, 0.25) is 0 Å². The van der Waals surface area contributed by atoms with E-state index in [9.17, 15) is 4.79 Å². The second-order valence-corrected chi connectivity index (χ2v) is 6.29. The maximum Gasteiger partial charge on any atom is 0.196 e. The van der Waals surface area contributed by atoms with Gasteiger partial charge >= 0.3 is 0 Å². The molecule has 1 heterocycles. The molecule has 4 nitrogen and oxygen atoms in total. The van der Waals surface area contributed by atoms with Crippen LogP contribution in [-0.2, 0) is 0 Å². The lowest BCUT2D eigenvalue weighted by atomic mass is 10.1. The zero-order chi connectivity index (χ0) is 16.2. The summed E-state index contributed by atoms with van der Waals surface area (Å²) in [6.07, 6.45) is 1.69. The van der Waals surface area contributed by atoms with E-state index < -0.39 is 0 Å². The van der Waals surface area contributed by atoms with Crippen molar-refractivity contribution in [1.82, 2.24) is 14.8 Å². The minimum absolute atomic E-state index is 0.0887. The number of benzene rings is 2. The molecule has 0 aliphatic carbocycles. The van der Waals surface area contributed by atoms with Gasteiger partial charge in [0.05, 0.1) is 11.4 Å². The fourth-order valence-corrected chi connectivity index (χ4v) is 3.22. The van der Waals surface area contributed by atoms with Crippen molar-refractivity contribution in [3.8, 4) is 5.69 Å². The van der Waals surface area contributed by atoms with Crippen LogP contribution in [0.1, 0.15) is 21.5 Å². The minimum atomic E-state index is 0.0887. The Balaban J connectivity index is 1.78. The highest BCUT2D eigenvalue weighted by Gasteiger charge is 2.12. The van der Waals surface area contributed by atoms with Gasteiger partial charge in [-0.2, -0.15) is 0 Å². The van der Waals surface area contributed by atoms with Crippen molar-refractivity contribution < 1.29 is 4.79 Å². The van der Waals surface area contributed by atoms with Gasteiger partial charge in [-0.15, -0.1) is 10.2 Å². The van der Waals surface area contributed by atoms with Crippen molar-refractivity contribution in [2.24, 2.45) is 0 Å². The van der Waals surface area contributed by atoms with Gasteiger partial charge in [0.2, 0.25) is 0 Å². The van der Waals surface area contributed by atoms with Gasteiger partial charge in [-0.05, 0) is 25.5 Å². The van der Waals surface area contributed by atoms with Gasteiger partial charge in [0.1, 0.15) is 6.33 Å². The van der Waals surface area contributed by atoms with Crippen molar-refractivity contribution in [3.05, 3.63) is 71.5 Å². The average molecular weight is 323 g/mol. The molecule has 23 heavy (non-hydrogen) atoms. The molecule has 0 atom stereocenters. The van der Waals surface area contributed by atoms with Crippen LogP contribution in [0.3, 0.4) is 0 Å². The molecule has 0 unspecified atom stereocenters. The third-order valence-corrected chi connectivity index (χ3v) is 4.50. The van der Waals surface area contributed by atoms with Crippen molar-refractivity contribution in [1.29, 1.82) is 0 Å². The fraction of sp³-hybridized carbons (Fsp3) is 0.167. The summed E-state index contributed by atoms with van der Waals surface area (Å²) in [5.74, 6) is 0.430. The molecule has 5 heteroatoms. The quantitative estimate of drug-likeness (QED) is 0.528. The smallest absolute Gasteiger partial charge is 0.196 e. The second kappa shape index (κ2) is 6.79. The summed E-state index contributed by atoms with van der Waals surface area (Å²) in [4.78, 5) is 12.2. The molecule has 0 radical (unpaired) electrons. The maximum atomic E-state index is 12.2. The van der Waals surface area contributed by atoms with Gasteiger partial charge in [-0.25, -0.2) is 0 Å². The first kappa shape index (κ1) is 15.5. The fourth-order valence-electron chi connectivity index (χ4n) is 2.40. The Morgan fingerprint density at radius 3 is 2.65 bits per heavy atom. The van der Waals surface area contributed by atoms with Gasteiger partial charge in [0, 0.05) is 5.56 Å². The van der Waals surface area contributed by atoms with Crippen molar-refractivity contribution in [3.63, 3.8) is 0 Å². The summed E-state index contributed by atoms with van der Waals surface area (Å²) < 4.78 is 1.93. The van der Waals surface area contributed by atoms with Gasteiger partial charge in [0.15, 0.2) is 10.9 Å². The van der Waals surface area contributed by atoms with E-state index in [1.807, 2.05) is 34.9 Å². The minimum Gasteiger partial charge on any atom is -0.293 e. The van der Waals surface area contributed by atoms with Crippen molar-refractivity contribution >= 4 is 17.5 Å². The number of carbonyl (C=O) groups is 1. The largest absolute Gasteiger partial charge is 0.293 e. The number of ketones is 1. The zero-order valence-electron chi connectivity index (χ0n) is 13.1. The van der Waals surface area contributed by atoms with Gasteiger partial charge in [0.25, 0.3) is 0 Å². The Labute approximate surface area is 139 Å². The molecule has 1 aromatic heterocycles. The number of aryl methyl sites for hydroxylation is 2. The first-order valence-corrected chi connectivity index (χ1v) is 8.32. The van der Waals surface area contributed by atoms with E-state index in [0.717, 1.165) is 22.0 Å². The molecule has 0 fully saturated rings. The number of Topliss-reactive ketones (excluding diaryl/α,β-unsaturated/α-hetero) is 1. The number of nitrogens with zero attached hydrogens (tertiary/aromatic N) is 3. The van der Waals surface area contributed by atoms with Crippen molar-refractivity contribution in [2.45, 2.75) is 19.0 Å². The predicted octanol–water partition coefficient (Wildman–Crippen LogP) is 3.86. The molecule has 0 spiro atoms. The summed E-state index contributed by atoms with van der Waals surface area (Å²) in [7, 11) is 0. The van der Waals surface area contributed by atoms with E-state index in [0.29, 0.717) is 5.75 Å². The molecule has 0 saturated carbocycles. The number of hydrogen-bond donors (Lipinski definition) is 0. The van der Waals surface area contributed by atoms with E-state index >= 15 is 0 Å². The van der Waals surface area contributed by atoms with E-state index in [1.54, 1.807) is 6.33 Å². The van der Waals surface area contributed by atoms with Gasteiger partial charge in [-0.3, -0.25) is 9.36 Å². The van der Waals surface area contributed by atoms with Crippen LogP contribution in [0.25, 0.3) is 5.69 Å². The normalized spacial score (nSPS) is 10.7. The van der Waals surface area contributed by atoms with Crippen LogP contribution in [0.4, 0.5) is 0 Å². The van der Waals surface area contributed by atoms with E-state index in [2.05, 4.69) is 42.2 Å². The summed E-state index contributed by atoms with van der Waals surface area (Å²) >= 11 is 1.40. The van der Waals surface area contributed by atoms with Gasteiger partial charge < -0.3 is 0 Å². The van der Waals surface area contributed by atoms with E-state index in [-0.39, 0.29) is 5.78 Å². The molecule has 3 aromatic rings. The third-order valence-electron chi connectivity index (χ3n) is 3.56. The Morgan fingerprint density at radius 2 is 1.91 bits per heavy atom. The summed E-state index contributed by atoms with van der Waals surface area (Å²) in [6, 6.07) is 15.5. The van der Waals surface area contributed by atoms with Gasteiger partial charge in [-0.1, -0.05) is 59.8 Å². The topological polar surface area (TPSA) is 47.8 Å². The molecule has 116 valence electrons. The monoisotopic (exact) mass is 323 g/mol. The average Bonchev–Trinajstić information content (AvgIpc) is 3.01. The SMILES string of the molecule is Cc1ccc(-n2cnnc2SCC(=O)c2ccccc2)c(C)c1. The lowest BCUT2D eigenvalue weighted by Crippen LogP contribution is -2.04. The predicted molar refractivity (Wildman–Crippen MR) is 92.3 cm³/mol. The number of carbonyl (C=O) groups excluding carboxylic acids is 1. The van der Waals surface area contributed by atoms with E-state index in [4.69, 9.17) is 0 Å². The molecular weight excluding hydrogens is 306 g/mol. The summed E-state index contributed by atoms with van der Waals surface area (Å²) in [5.41, 5.74) is 4.13. The lowest BCUT2D eigenvalue weighted by molar-refractivity contribution is 0.102. The molecular formula is C18H17N3OS. The van der Waals surface area contributed by atoms with Crippen LogP contribution in [-0.4, -0.2) is 26.3 Å². The first-order chi connectivity index (χ1) is 11.1. The Kier molecular flexibility index (Phi) is 4.57. The molecule has 0 amide bonds. The molecule has 0 aliphatic rings.